The molecular formula is C6H11IO3. The largest absolute Gasteiger partial charge is 0.394 e. The summed E-state index contributed by atoms with van der Waals surface area (Å²) in [5.41, 5.74) is 0. The highest BCUT2D eigenvalue weighted by molar-refractivity contribution is 14.1. The van der Waals surface area contributed by atoms with Gasteiger partial charge in [0.05, 0.1) is 19.8 Å². The second kappa shape index (κ2) is 6.09. The van der Waals surface area contributed by atoms with Crippen LogP contribution in [-0.2, 0) is 4.74 Å². The quantitative estimate of drug-likeness (QED) is 0.697. The Balaban J connectivity index is 3.11. The van der Waals surface area contributed by atoms with Crippen molar-refractivity contribution in [1.82, 2.24) is 0 Å². The molecule has 0 heterocycles. The Labute approximate surface area is 73.8 Å². The number of ether oxygens (including phenoxy) is 1. The van der Waals surface area contributed by atoms with Crippen molar-refractivity contribution in [2.75, 3.05) is 19.8 Å². The van der Waals surface area contributed by atoms with Crippen LogP contribution in [0.3, 0.4) is 0 Å². The molecule has 4 heteroatoms. The van der Waals surface area contributed by atoms with Crippen LogP contribution in [0.2, 0.25) is 0 Å². The molecule has 0 aromatic heterocycles. The maximum Gasteiger partial charge on any atom is 0.100 e. The van der Waals surface area contributed by atoms with Crippen molar-refractivity contribution in [2.45, 2.75) is 6.10 Å². The molecule has 0 aliphatic rings. The van der Waals surface area contributed by atoms with Gasteiger partial charge in [0.1, 0.15) is 6.10 Å². The first-order valence-corrected chi connectivity index (χ1v) is 3.94. The first-order valence-electron chi connectivity index (χ1n) is 2.86. The molecule has 0 aromatic carbocycles. The molecule has 3 nitrogen and oxygen atoms in total. The van der Waals surface area contributed by atoms with Crippen LogP contribution in [0.25, 0.3) is 0 Å². The molecule has 0 aliphatic heterocycles. The Hall–Kier alpha value is 0.350. The zero-order chi connectivity index (χ0) is 7.98. The Morgan fingerprint density at radius 1 is 1.70 bits per heavy atom. The van der Waals surface area contributed by atoms with Gasteiger partial charge in [0.25, 0.3) is 0 Å². The van der Waals surface area contributed by atoms with Crippen LogP contribution in [0.15, 0.2) is 10.2 Å². The number of rotatable bonds is 5. The Bertz CT molecular complexity index is 105. The zero-order valence-corrected chi connectivity index (χ0v) is 7.74. The van der Waals surface area contributed by atoms with E-state index in [-0.39, 0.29) is 13.2 Å². The van der Waals surface area contributed by atoms with Gasteiger partial charge in [0.2, 0.25) is 0 Å². The molecule has 2 N–H and O–H groups in total. The van der Waals surface area contributed by atoms with E-state index in [0.717, 1.165) is 3.58 Å². The number of hydrogen-bond acceptors (Lipinski definition) is 3. The van der Waals surface area contributed by atoms with Gasteiger partial charge >= 0.3 is 0 Å². The summed E-state index contributed by atoms with van der Waals surface area (Å²) in [5, 5.41) is 17.1. The summed E-state index contributed by atoms with van der Waals surface area (Å²) in [7, 11) is 0. The molecule has 0 bridgehead atoms. The molecule has 1 atom stereocenters. The average Bonchev–Trinajstić information content (AvgIpc) is 1.87. The molecular weight excluding hydrogens is 247 g/mol. The lowest BCUT2D eigenvalue weighted by Crippen LogP contribution is -2.19. The average molecular weight is 258 g/mol. The Morgan fingerprint density at radius 2 is 2.30 bits per heavy atom. The predicted octanol–water partition coefficient (Wildman–Crippen LogP) is 0.305. The van der Waals surface area contributed by atoms with E-state index in [9.17, 15) is 0 Å². The SMILES string of the molecule is C=C(I)COCC(O)CO. The molecule has 0 amide bonds. The van der Waals surface area contributed by atoms with Gasteiger partial charge in [0, 0.05) is 3.58 Å². The van der Waals surface area contributed by atoms with E-state index in [0.29, 0.717) is 6.61 Å². The summed E-state index contributed by atoms with van der Waals surface area (Å²) < 4.78 is 5.81. The third kappa shape index (κ3) is 6.47. The fourth-order valence-electron chi connectivity index (χ4n) is 0.358. The molecule has 60 valence electrons. The van der Waals surface area contributed by atoms with E-state index < -0.39 is 6.10 Å². The highest BCUT2D eigenvalue weighted by Gasteiger charge is 2.00. The molecule has 0 fully saturated rings. The molecule has 0 radical (unpaired) electrons. The summed E-state index contributed by atoms with van der Waals surface area (Å²) in [4.78, 5) is 0. The summed E-state index contributed by atoms with van der Waals surface area (Å²) >= 11 is 2.04. The molecule has 10 heavy (non-hydrogen) atoms. The molecule has 0 rings (SSSR count). The van der Waals surface area contributed by atoms with Gasteiger partial charge in [-0.1, -0.05) is 6.58 Å². The maximum atomic E-state index is 8.76. The third-order valence-electron chi connectivity index (χ3n) is 0.780. The zero-order valence-electron chi connectivity index (χ0n) is 5.59. The van der Waals surface area contributed by atoms with Gasteiger partial charge in [-0.25, -0.2) is 0 Å². The van der Waals surface area contributed by atoms with Crippen LogP contribution in [0.1, 0.15) is 0 Å². The summed E-state index contributed by atoms with van der Waals surface area (Å²) in [6, 6.07) is 0. The predicted molar refractivity (Wildman–Crippen MR) is 47.1 cm³/mol. The molecule has 0 saturated heterocycles. The highest BCUT2D eigenvalue weighted by Crippen LogP contribution is 2.01. The lowest BCUT2D eigenvalue weighted by Gasteiger charge is -2.06. The summed E-state index contributed by atoms with van der Waals surface area (Å²) in [6.07, 6.45) is -0.768. The van der Waals surface area contributed by atoms with Crippen molar-refractivity contribution in [3.05, 3.63) is 10.2 Å². The van der Waals surface area contributed by atoms with Gasteiger partial charge in [-0.05, 0) is 22.6 Å². The standard InChI is InChI=1S/C6H11IO3/c1-5(7)3-10-4-6(9)2-8/h6,8-9H,1-4H2. The van der Waals surface area contributed by atoms with Gasteiger partial charge in [-0.2, -0.15) is 0 Å². The minimum Gasteiger partial charge on any atom is -0.394 e. The van der Waals surface area contributed by atoms with Gasteiger partial charge < -0.3 is 14.9 Å². The fraction of sp³-hybridized carbons (Fsp3) is 0.667. The molecule has 0 aromatic rings. The Morgan fingerprint density at radius 3 is 2.70 bits per heavy atom. The van der Waals surface area contributed by atoms with Crippen molar-refractivity contribution in [3.63, 3.8) is 0 Å². The fourth-order valence-corrected chi connectivity index (χ4v) is 0.579. The lowest BCUT2D eigenvalue weighted by atomic mass is 10.4. The number of hydrogen-bond donors (Lipinski definition) is 2. The monoisotopic (exact) mass is 258 g/mol. The van der Waals surface area contributed by atoms with Crippen molar-refractivity contribution < 1.29 is 14.9 Å². The van der Waals surface area contributed by atoms with Crippen LogP contribution in [0.5, 0.6) is 0 Å². The highest BCUT2D eigenvalue weighted by atomic mass is 127. The number of aliphatic hydroxyl groups is 2. The van der Waals surface area contributed by atoms with Gasteiger partial charge in [-0.3, -0.25) is 0 Å². The smallest absolute Gasteiger partial charge is 0.100 e. The van der Waals surface area contributed by atoms with Crippen LogP contribution in [-0.4, -0.2) is 36.1 Å². The minimum atomic E-state index is -0.768. The van der Waals surface area contributed by atoms with Crippen molar-refractivity contribution in [2.24, 2.45) is 0 Å². The Kier molecular flexibility index (Phi) is 6.30. The van der Waals surface area contributed by atoms with Crippen molar-refractivity contribution in [1.29, 1.82) is 0 Å². The van der Waals surface area contributed by atoms with E-state index in [2.05, 4.69) is 6.58 Å². The van der Waals surface area contributed by atoms with Crippen molar-refractivity contribution >= 4 is 22.6 Å². The lowest BCUT2D eigenvalue weighted by molar-refractivity contribution is 0.0147. The maximum absolute atomic E-state index is 8.76. The molecule has 0 aliphatic carbocycles. The first-order chi connectivity index (χ1) is 4.66. The molecule has 1 unspecified atom stereocenters. The summed E-state index contributed by atoms with van der Waals surface area (Å²) in [5.74, 6) is 0. The van der Waals surface area contributed by atoms with Gasteiger partial charge in [0.15, 0.2) is 0 Å². The molecule has 0 saturated carbocycles. The van der Waals surface area contributed by atoms with E-state index >= 15 is 0 Å². The topological polar surface area (TPSA) is 49.7 Å². The summed E-state index contributed by atoms with van der Waals surface area (Å²) in [6.45, 7) is 3.93. The van der Waals surface area contributed by atoms with Crippen LogP contribution < -0.4 is 0 Å². The van der Waals surface area contributed by atoms with E-state index in [1.54, 1.807) is 0 Å². The van der Waals surface area contributed by atoms with E-state index in [1.165, 1.54) is 0 Å². The normalized spacial score (nSPS) is 13.1. The number of aliphatic hydroxyl groups excluding tert-OH is 2. The van der Waals surface area contributed by atoms with E-state index in [1.807, 2.05) is 22.6 Å². The van der Waals surface area contributed by atoms with Crippen molar-refractivity contribution in [3.8, 4) is 0 Å². The van der Waals surface area contributed by atoms with Crippen LogP contribution in [0.4, 0.5) is 0 Å². The minimum absolute atomic E-state index is 0.165. The third-order valence-corrected chi connectivity index (χ3v) is 1.09. The van der Waals surface area contributed by atoms with E-state index in [4.69, 9.17) is 14.9 Å². The molecule has 0 spiro atoms. The second-order valence-corrected chi connectivity index (χ2v) is 3.39. The van der Waals surface area contributed by atoms with Gasteiger partial charge in [-0.15, -0.1) is 0 Å². The second-order valence-electron chi connectivity index (χ2n) is 1.87. The van der Waals surface area contributed by atoms with Crippen LogP contribution >= 0.6 is 22.6 Å². The van der Waals surface area contributed by atoms with Crippen LogP contribution in [0, 0.1) is 0 Å². The number of halogens is 1. The first kappa shape index (κ1) is 10.3.